The summed E-state index contributed by atoms with van der Waals surface area (Å²) in [5.41, 5.74) is 0.196. The summed E-state index contributed by atoms with van der Waals surface area (Å²) >= 11 is 0. The second kappa shape index (κ2) is 12.9. The molecule has 0 spiro atoms. The number of hydrogen-bond acceptors (Lipinski definition) is 11. The van der Waals surface area contributed by atoms with Crippen molar-refractivity contribution in [2.24, 2.45) is 11.3 Å². The molecule has 0 amide bonds. The van der Waals surface area contributed by atoms with Crippen molar-refractivity contribution in [2.45, 2.75) is 84.7 Å². The highest BCUT2D eigenvalue weighted by atomic mass is 19.4. The van der Waals surface area contributed by atoms with Crippen LogP contribution >= 0.6 is 0 Å². The number of nitrogens with zero attached hydrogens (tertiary/aromatic N) is 2. The first kappa shape index (κ1) is 36.3. The van der Waals surface area contributed by atoms with Crippen LogP contribution in [0.3, 0.4) is 0 Å². The molecule has 274 valence electrons. The van der Waals surface area contributed by atoms with Crippen molar-refractivity contribution in [2.75, 3.05) is 13.8 Å². The van der Waals surface area contributed by atoms with Crippen LogP contribution < -0.4 is 14.2 Å². The number of halogens is 3. The van der Waals surface area contributed by atoms with E-state index in [1.807, 2.05) is 24.8 Å². The molecule has 0 aromatic heterocycles. The Morgan fingerprint density at radius 1 is 1.12 bits per heavy atom. The van der Waals surface area contributed by atoms with E-state index in [4.69, 9.17) is 18.9 Å². The summed E-state index contributed by atoms with van der Waals surface area (Å²) in [5.74, 6) is -2.12. The van der Waals surface area contributed by atoms with Gasteiger partial charge in [-0.25, -0.2) is 9.69 Å². The number of benzene rings is 2. The van der Waals surface area contributed by atoms with Crippen LogP contribution in [0.5, 0.6) is 17.2 Å². The third kappa shape index (κ3) is 6.23. The van der Waals surface area contributed by atoms with Gasteiger partial charge in [-0.3, -0.25) is 9.69 Å². The van der Waals surface area contributed by atoms with E-state index in [1.165, 1.54) is 25.1 Å². The SMILES string of the molecule is CC(=O)Oc1c(C)c2c(c3c1CC1[C@@H](C4C(O)=C(O)C(C)=CC4(C)C)N(C)[C@@H](C)[C@H](O)N1[C@H]3OC(=O)/C=C/c1cccc(C(F)(F)F)c1)OCO2. The molecule has 6 atom stereocenters. The second-order valence-electron chi connectivity index (χ2n) is 14.1. The average Bonchev–Trinajstić information content (AvgIpc) is 3.54. The summed E-state index contributed by atoms with van der Waals surface area (Å²) in [6, 6.07) is 2.47. The lowest BCUT2D eigenvalue weighted by Crippen LogP contribution is -2.72. The normalized spacial score (nSPS) is 27.5. The number of carbonyl (C=O) groups is 2. The molecule has 14 heteroatoms. The number of aliphatic hydroxyl groups excluding tert-OH is 3. The van der Waals surface area contributed by atoms with Crippen LogP contribution in [0.2, 0.25) is 0 Å². The summed E-state index contributed by atoms with van der Waals surface area (Å²) in [5, 5.41) is 34.5. The van der Waals surface area contributed by atoms with E-state index in [0.717, 1.165) is 18.2 Å². The monoisotopic (exact) mass is 714 g/mol. The number of rotatable bonds is 5. The number of ether oxygens (including phenoxy) is 4. The molecule has 2 aromatic rings. The fraction of sp³-hybridized carbons (Fsp3) is 0.459. The lowest BCUT2D eigenvalue weighted by Gasteiger charge is -2.59. The minimum atomic E-state index is -4.59. The molecule has 2 aromatic carbocycles. The number of alkyl halides is 3. The highest BCUT2D eigenvalue weighted by Crippen LogP contribution is 2.56. The second-order valence-corrected chi connectivity index (χ2v) is 14.1. The summed E-state index contributed by atoms with van der Waals surface area (Å²) in [4.78, 5) is 29.6. The molecular weight excluding hydrogens is 673 g/mol. The maximum Gasteiger partial charge on any atom is 0.416 e. The Hall–Kier alpha value is -4.53. The molecule has 1 aliphatic carbocycles. The van der Waals surface area contributed by atoms with Crippen molar-refractivity contribution in [1.82, 2.24) is 9.80 Å². The topological polar surface area (TPSA) is 138 Å². The molecule has 3 N–H and O–H groups in total. The molecule has 11 nitrogen and oxygen atoms in total. The smallest absolute Gasteiger partial charge is 0.416 e. The summed E-state index contributed by atoms with van der Waals surface area (Å²) < 4.78 is 63.7. The Kier molecular flexibility index (Phi) is 9.18. The van der Waals surface area contributed by atoms with Gasteiger partial charge >= 0.3 is 18.1 Å². The number of allylic oxidation sites excluding steroid dienone is 2. The maximum absolute atomic E-state index is 13.7. The molecule has 0 bridgehead atoms. The Morgan fingerprint density at radius 3 is 2.47 bits per heavy atom. The number of likely N-dealkylation sites (N-methyl/N-ethyl adjacent to an activating group) is 1. The minimum absolute atomic E-state index is 0.104. The zero-order valence-electron chi connectivity index (χ0n) is 29.2. The molecule has 1 fully saturated rings. The van der Waals surface area contributed by atoms with Gasteiger partial charge in [-0.05, 0) is 69.0 Å². The van der Waals surface area contributed by atoms with Crippen LogP contribution in [0.4, 0.5) is 13.2 Å². The zero-order valence-corrected chi connectivity index (χ0v) is 29.2. The van der Waals surface area contributed by atoms with Gasteiger partial charge in [-0.1, -0.05) is 32.1 Å². The highest BCUT2D eigenvalue weighted by molar-refractivity contribution is 5.87. The lowest BCUT2D eigenvalue weighted by atomic mass is 9.65. The largest absolute Gasteiger partial charge is 0.508 e. The summed E-state index contributed by atoms with van der Waals surface area (Å²) in [6.45, 7) is 10.1. The molecular formula is C37H41F3N2O9. The van der Waals surface area contributed by atoms with E-state index in [2.05, 4.69) is 0 Å². The van der Waals surface area contributed by atoms with Gasteiger partial charge in [0.05, 0.1) is 11.1 Å². The summed E-state index contributed by atoms with van der Waals surface area (Å²) in [6.07, 6.45) is -3.07. The maximum atomic E-state index is 13.7. The molecule has 0 radical (unpaired) electrons. The Bertz CT molecular complexity index is 1870. The Balaban J connectivity index is 1.52. The van der Waals surface area contributed by atoms with Gasteiger partial charge < -0.3 is 34.3 Å². The van der Waals surface area contributed by atoms with Gasteiger partial charge in [-0.2, -0.15) is 13.2 Å². The van der Waals surface area contributed by atoms with Crippen molar-refractivity contribution >= 4 is 18.0 Å². The lowest BCUT2D eigenvalue weighted by molar-refractivity contribution is -0.225. The number of piperazine rings is 1. The average molecular weight is 715 g/mol. The van der Waals surface area contributed by atoms with Gasteiger partial charge in [0.25, 0.3) is 0 Å². The Morgan fingerprint density at radius 2 is 1.80 bits per heavy atom. The van der Waals surface area contributed by atoms with E-state index in [1.54, 1.807) is 32.7 Å². The Labute approximate surface area is 293 Å². The van der Waals surface area contributed by atoms with Crippen molar-refractivity contribution in [1.29, 1.82) is 0 Å². The fourth-order valence-electron chi connectivity index (χ4n) is 8.09. The minimum Gasteiger partial charge on any atom is -0.508 e. The van der Waals surface area contributed by atoms with Crippen molar-refractivity contribution in [3.63, 3.8) is 0 Å². The van der Waals surface area contributed by atoms with Gasteiger partial charge in [0.15, 0.2) is 23.5 Å². The van der Waals surface area contributed by atoms with Gasteiger partial charge in [-0.15, -0.1) is 0 Å². The van der Waals surface area contributed by atoms with Crippen LogP contribution in [-0.4, -0.2) is 75.3 Å². The zero-order chi connectivity index (χ0) is 37.3. The van der Waals surface area contributed by atoms with Gasteiger partial charge in [0.1, 0.15) is 17.7 Å². The van der Waals surface area contributed by atoms with Gasteiger partial charge in [0, 0.05) is 48.2 Å². The first-order valence-corrected chi connectivity index (χ1v) is 16.5. The molecule has 6 rings (SSSR count). The molecule has 3 heterocycles. The summed E-state index contributed by atoms with van der Waals surface area (Å²) in [7, 11) is 1.80. The number of carbonyl (C=O) groups excluding carboxylic acids is 2. The number of fused-ring (bicyclic) bond motifs is 4. The van der Waals surface area contributed by atoms with Crippen molar-refractivity contribution in [3.05, 3.63) is 81.3 Å². The van der Waals surface area contributed by atoms with E-state index in [-0.39, 0.29) is 53.1 Å². The molecule has 0 saturated carbocycles. The number of aliphatic hydroxyl groups is 3. The fourth-order valence-corrected chi connectivity index (χ4v) is 8.09. The molecule has 4 aliphatic rings. The van der Waals surface area contributed by atoms with Gasteiger partial charge in [0.2, 0.25) is 6.79 Å². The third-order valence-corrected chi connectivity index (χ3v) is 10.4. The molecule has 1 saturated heterocycles. The quantitative estimate of drug-likeness (QED) is 0.188. The van der Waals surface area contributed by atoms with Crippen molar-refractivity contribution in [3.8, 4) is 17.2 Å². The van der Waals surface area contributed by atoms with Crippen LogP contribution in [0.25, 0.3) is 6.08 Å². The van der Waals surface area contributed by atoms with E-state index in [9.17, 15) is 38.1 Å². The number of hydrogen-bond donors (Lipinski definition) is 3. The molecule has 2 unspecified atom stereocenters. The predicted molar refractivity (Wildman–Crippen MR) is 178 cm³/mol. The first-order valence-electron chi connectivity index (χ1n) is 16.5. The van der Waals surface area contributed by atoms with E-state index >= 15 is 0 Å². The van der Waals surface area contributed by atoms with Crippen LogP contribution in [-0.2, 0) is 26.9 Å². The third-order valence-electron chi connectivity index (χ3n) is 10.4. The van der Waals surface area contributed by atoms with E-state index < -0.39 is 65.6 Å². The molecule has 51 heavy (non-hydrogen) atoms. The predicted octanol–water partition coefficient (Wildman–Crippen LogP) is 6.10. The van der Waals surface area contributed by atoms with E-state index in [0.29, 0.717) is 16.7 Å². The number of esters is 2. The standard InChI is InChI=1S/C37H41F3N2O9/c1-17-15-36(5,6)27(30(46)29(17)45)28-24-14-23-26(33-32(48-16-49-33)18(2)31(23)50-20(4)43)35(42(24)34(47)19(3)41(28)7)51-25(44)12-11-21-9-8-10-22(13-21)37(38,39)40/h8-13,15,19,24,27-28,34-35,45-47H,14,16H2,1-7H3/b12-11+/t19-,24?,27?,28-,34-,35-/m0/s1. The van der Waals surface area contributed by atoms with Crippen LogP contribution in [0.15, 0.2) is 53.5 Å². The van der Waals surface area contributed by atoms with Crippen LogP contribution in [0, 0.1) is 18.3 Å². The van der Waals surface area contributed by atoms with Crippen molar-refractivity contribution < 1.29 is 57.0 Å². The van der Waals surface area contributed by atoms with Crippen LogP contribution in [0.1, 0.15) is 68.7 Å². The molecule has 3 aliphatic heterocycles. The highest BCUT2D eigenvalue weighted by Gasteiger charge is 2.58. The first-order chi connectivity index (χ1) is 23.8.